The van der Waals surface area contributed by atoms with Gasteiger partial charge < -0.3 is 9.47 Å². The van der Waals surface area contributed by atoms with Crippen LogP contribution >= 0.6 is 0 Å². The lowest BCUT2D eigenvalue weighted by atomic mass is 10.1. The van der Waals surface area contributed by atoms with Crippen molar-refractivity contribution < 1.29 is 24.0 Å². The number of Topliss-reactive ketones (excluding diaryl/α,β-unsaturated/α-hetero) is 1. The first-order valence-electron chi connectivity index (χ1n) is 6.68. The van der Waals surface area contributed by atoms with Gasteiger partial charge in [0.25, 0.3) is 5.69 Å². The van der Waals surface area contributed by atoms with Gasteiger partial charge in [-0.2, -0.15) is 0 Å². The minimum atomic E-state index is -0.828. The number of nitro benzene ring substituents is 1. The van der Waals surface area contributed by atoms with E-state index in [2.05, 4.69) is 0 Å². The van der Waals surface area contributed by atoms with E-state index in [1.807, 2.05) is 0 Å². The van der Waals surface area contributed by atoms with Gasteiger partial charge >= 0.3 is 5.97 Å². The maximum Gasteiger partial charge on any atom is 0.341 e. The van der Waals surface area contributed by atoms with Crippen molar-refractivity contribution in [2.24, 2.45) is 0 Å². The highest BCUT2D eigenvalue weighted by molar-refractivity contribution is 6.20. The second kappa shape index (κ2) is 8.68. The van der Waals surface area contributed by atoms with Crippen LogP contribution in [0.4, 0.5) is 5.69 Å². The maximum atomic E-state index is 11.9. The Kier molecular flexibility index (Phi) is 6.91. The van der Waals surface area contributed by atoms with E-state index < -0.39 is 16.7 Å². The maximum absolute atomic E-state index is 11.9. The summed E-state index contributed by atoms with van der Waals surface area (Å²) in [6, 6.07) is 5.83. The summed E-state index contributed by atoms with van der Waals surface area (Å²) in [6.45, 7) is 3.72. The third kappa shape index (κ3) is 5.10. The van der Waals surface area contributed by atoms with Crippen LogP contribution in [-0.2, 0) is 19.1 Å². The third-order valence-electron chi connectivity index (χ3n) is 2.70. The second-order valence-electron chi connectivity index (χ2n) is 4.26. The van der Waals surface area contributed by atoms with Crippen molar-refractivity contribution in [3.63, 3.8) is 0 Å². The number of nitro groups is 1. The molecular formula is C15H17NO6. The van der Waals surface area contributed by atoms with Crippen LogP contribution in [0.25, 0.3) is 6.08 Å². The van der Waals surface area contributed by atoms with E-state index in [1.54, 1.807) is 13.0 Å². The minimum absolute atomic E-state index is 0.00811. The molecule has 0 heterocycles. The predicted molar refractivity (Wildman–Crippen MR) is 79.2 cm³/mol. The van der Waals surface area contributed by atoms with Gasteiger partial charge in [-0.25, -0.2) is 4.79 Å². The molecule has 1 aromatic rings. The van der Waals surface area contributed by atoms with Crippen molar-refractivity contribution in [3.8, 4) is 0 Å². The van der Waals surface area contributed by atoms with Crippen LogP contribution in [0.15, 0.2) is 29.8 Å². The number of carbonyl (C=O) groups is 2. The van der Waals surface area contributed by atoms with Crippen LogP contribution in [0.2, 0.25) is 0 Å². The molecule has 0 saturated carbocycles. The zero-order chi connectivity index (χ0) is 16.5. The molecule has 0 spiro atoms. The smallest absolute Gasteiger partial charge is 0.341 e. The summed E-state index contributed by atoms with van der Waals surface area (Å²) >= 11 is 0. The zero-order valence-electron chi connectivity index (χ0n) is 12.4. The van der Waals surface area contributed by atoms with Crippen LogP contribution in [0.3, 0.4) is 0 Å². The molecule has 0 aliphatic heterocycles. The van der Waals surface area contributed by atoms with Crippen molar-refractivity contribution >= 4 is 23.5 Å². The summed E-state index contributed by atoms with van der Waals surface area (Å²) in [4.78, 5) is 33.9. The average Bonchev–Trinajstić information content (AvgIpc) is 2.48. The lowest BCUT2D eigenvalue weighted by molar-refractivity contribution is -0.385. The minimum Gasteiger partial charge on any atom is -0.460 e. The number of para-hydroxylation sites is 1. The van der Waals surface area contributed by atoms with Gasteiger partial charge in [0.1, 0.15) is 12.2 Å². The predicted octanol–water partition coefficient (Wildman–Crippen LogP) is 2.15. The molecule has 118 valence electrons. The number of hydrogen-bond acceptors (Lipinski definition) is 6. The lowest BCUT2D eigenvalue weighted by Crippen LogP contribution is -2.16. The van der Waals surface area contributed by atoms with E-state index in [-0.39, 0.29) is 30.0 Å². The SMILES string of the molecule is CCOCCOC(=O)C(=Cc1ccccc1[N+](=O)[O-])C(C)=O. The van der Waals surface area contributed by atoms with E-state index >= 15 is 0 Å². The molecule has 0 N–H and O–H groups in total. The monoisotopic (exact) mass is 307 g/mol. The number of ketones is 1. The normalized spacial score (nSPS) is 11.1. The summed E-state index contributed by atoms with van der Waals surface area (Å²) in [5.41, 5.74) is -0.270. The zero-order valence-corrected chi connectivity index (χ0v) is 12.4. The fourth-order valence-electron chi connectivity index (χ4n) is 1.65. The summed E-state index contributed by atoms with van der Waals surface area (Å²) in [7, 11) is 0. The molecule has 22 heavy (non-hydrogen) atoms. The molecule has 0 saturated heterocycles. The van der Waals surface area contributed by atoms with Crippen LogP contribution in [0.5, 0.6) is 0 Å². The topological polar surface area (TPSA) is 95.7 Å². The molecule has 0 unspecified atom stereocenters. The summed E-state index contributed by atoms with van der Waals surface area (Å²) in [6.07, 6.45) is 1.17. The van der Waals surface area contributed by atoms with Crippen molar-refractivity contribution in [1.82, 2.24) is 0 Å². The third-order valence-corrected chi connectivity index (χ3v) is 2.70. The number of nitrogens with zero attached hydrogens (tertiary/aromatic N) is 1. The van der Waals surface area contributed by atoms with E-state index in [0.717, 1.165) is 0 Å². The molecule has 0 radical (unpaired) electrons. The Morgan fingerprint density at radius 2 is 1.95 bits per heavy atom. The van der Waals surface area contributed by atoms with E-state index in [4.69, 9.17) is 9.47 Å². The van der Waals surface area contributed by atoms with Gasteiger partial charge in [0.15, 0.2) is 5.78 Å². The fraction of sp³-hybridized carbons (Fsp3) is 0.333. The highest BCUT2D eigenvalue weighted by atomic mass is 16.6. The van der Waals surface area contributed by atoms with Crippen molar-refractivity contribution in [2.75, 3.05) is 19.8 Å². The molecule has 7 nitrogen and oxygen atoms in total. The molecule has 0 aromatic heterocycles. The van der Waals surface area contributed by atoms with Crippen LogP contribution in [0, 0.1) is 10.1 Å². The summed E-state index contributed by atoms with van der Waals surface area (Å²) in [5, 5.41) is 10.9. The quantitative estimate of drug-likeness (QED) is 0.139. The number of hydrogen-bond donors (Lipinski definition) is 0. The van der Waals surface area contributed by atoms with E-state index in [0.29, 0.717) is 6.61 Å². The number of rotatable bonds is 8. The van der Waals surface area contributed by atoms with Crippen LogP contribution in [0.1, 0.15) is 19.4 Å². The van der Waals surface area contributed by atoms with Crippen molar-refractivity contribution in [2.45, 2.75) is 13.8 Å². The van der Waals surface area contributed by atoms with Gasteiger partial charge in [-0.3, -0.25) is 14.9 Å². The molecule has 0 amide bonds. The van der Waals surface area contributed by atoms with Crippen molar-refractivity contribution in [1.29, 1.82) is 0 Å². The molecule has 1 rings (SSSR count). The van der Waals surface area contributed by atoms with Gasteiger partial charge in [0.05, 0.1) is 17.1 Å². The first-order chi connectivity index (χ1) is 10.5. The van der Waals surface area contributed by atoms with Crippen molar-refractivity contribution in [3.05, 3.63) is 45.5 Å². The Morgan fingerprint density at radius 1 is 1.27 bits per heavy atom. The van der Waals surface area contributed by atoms with Crippen LogP contribution in [-0.4, -0.2) is 36.5 Å². The first kappa shape index (κ1) is 17.5. The Morgan fingerprint density at radius 3 is 2.55 bits per heavy atom. The van der Waals surface area contributed by atoms with Gasteiger partial charge in [0.2, 0.25) is 0 Å². The molecule has 0 atom stereocenters. The average molecular weight is 307 g/mol. The molecule has 7 heteroatoms. The largest absolute Gasteiger partial charge is 0.460 e. The molecule has 0 aliphatic rings. The molecular weight excluding hydrogens is 290 g/mol. The Bertz CT molecular complexity index is 593. The standard InChI is InChI=1S/C15H17NO6/c1-3-21-8-9-22-15(18)13(11(2)17)10-12-6-4-5-7-14(12)16(19)20/h4-7,10H,3,8-9H2,1-2H3. The Labute approximate surface area is 127 Å². The molecule has 0 bridgehead atoms. The lowest BCUT2D eigenvalue weighted by Gasteiger charge is -2.06. The summed E-state index contributed by atoms with van der Waals surface area (Å²) < 4.78 is 9.94. The van der Waals surface area contributed by atoms with Gasteiger partial charge in [-0.1, -0.05) is 12.1 Å². The van der Waals surface area contributed by atoms with E-state index in [1.165, 1.54) is 31.2 Å². The fourth-order valence-corrected chi connectivity index (χ4v) is 1.65. The number of esters is 1. The van der Waals surface area contributed by atoms with E-state index in [9.17, 15) is 19.7 Å². The summed E-state index contributed by atoms with van der Waals surface area (Å²) in [5.74, 6) is -1.36. The van der Waals surface area contributed by atoms with Gasteiger partial charge in [-0.15, -0.1) is 0 Å². The molecule has 1 aromatic carbocycles. The molecule has 0 fully saturated rings. The number of ether oxygens (including phenoxy) is 2. The van der Waals surface area contributed by atoms with Gasteiger partial charge in [0, 0.05) is 12.7 Å². The Hall–Kier alpha value is -2.54. The number of benzene rings is 1. The molecule has 0 aliphatic carbocycles. The second-order valence-corrected chi connectivity index (χ2v) is 4.26. The highest BCUT2D eigenvalue weighted by Crippen LogP contribution is 2.21. The van der Waals surface area contributed by atoms with Gasteiger partial charge in [-0.05, 0) is 26.0 Å². The first-order valence-corrected chi connectivity index (χ1v) is 6.68. The highest BCUT2D eigenvalue weighted by Gasteiger charge is 2.19. The number of carbonyl (C=O) groups excluding carboxylic acids is 2. The Balaban J connectivity index is 2.98. The van der Waals surface area contributed by atoms with Crippen LogP contribution < -0.4 is 0 Å².